The van der Waals surface area contributed by atoms with E-state index >= 15 is 0 Å². The van der Waals surface area contributed by atoms with E-state index in [-0.39, 0.29) is 0 Å². The van der Waals surface area contributed by atoms with E-state index in [1.807, 2.05) is 17.4 Å². The minimum Gasteiger partial charge on any atom is -0.456 e. The summed E-state index contributed by atoms with van der Waals surface area (Å²) in [4.78, 5) is 2.50. The van der Waals surface area contributed by atoms with Gasteiger partial charge in [-0.2, -0.15) is 0 Å². The lowest BCUT2D eigenvalue weighted by molar-refractivity contribution is 0.669. The summed E-state index contributed by atoms with van der Waals surface area (Å²) in [5, 5.41) is 7.11. The minimum absolute atomic E-state index is 0.870. The molecule has 0 radical (unpaired) electrons. The van der Waals surface area contributed by atoms with Gasteiger partial charge in [0.25, 0.3) is 0 Å². The standard InChI is InChI=1S/C48H30N2OS/c1-3-15-31(16-4-1)33-29-30-41(47-36-21-9-12-28-44(36)52-48(33)47)50(40-25-14-27-43-46(40)35-20-8-11-26-42(35)51-43)39-24-13-23-38-45(39)34-19-7-10-22-37(34)49(38)32-17-5-2-6-18-32/h1-30H. The number of hydrogen-bond acceptors (Lipinski definition) is 3. The average Bonchev–Trinajstić information content (AvgIpc) is 3.89. The molecule has 52 heavy (non-hydrogen) atoms. The van der Waals surface area contributed by atoms with E-state index in [0.717, 1.165) is 50.2 Å². The average molecular weight is 683 g/mol. The number of anilines is 3. The Morgan fingerprint density at radius 2 is 1.04 bits per heavy atom. The third-order valence-corrected chi connectivity index (χ3v) is 11.6. The number of fused-ring (bicyclic) bond motifs is 9. The second-order valence-corrected chi connectivity index (χ2v) is 14.3. The number of rotatable bonds is 5. The first-order valence-corrected chi connectivity index (χ1v) is 18.4. The maximum absolute atomic E-state index is 6.53. The lowest BCUT2D eigenvalue weighted by Gasteiger charge is -2.28. The van der Waals surface area contributed by atoms with Crippen LogP contribution in [0.15, 0.2) is 186 Å². The van der Waals surface area contributed by atoms with Gasteiger partial charge >= 0.3 is 0 Å². The molecular formula is C48H30N2OS. The van der Waals surface area contributed by atoms with Crippen molar-refractivity contribution in [3.05, 3.63) is 182 Å². The van der Waals surface area contributed by atoms with Gasteiger partial charge in [0.15, 0.2) is 0 Å². The summed E-state index contributed by atoms with van der Waals surface area (Å²) >= 11 is 1.87. The van der Waals surface area contributed by atoms with Crippen molar-refractivity contribution in [3.63, 3.8) is 0 Å². The van der Waals surface area contributed by atoms with Gasteiger partial charge in [0.1, 0.15) is 11.2 Å². The summed E-state index contributed by atoms with van der Waals surface area (Å²) in [6.45, 7) is 0. The Bertz CT molecular complexity index is 3120. The highest BCUT2D eigenvalue weighted by Crippen LogP contribution is 2.52. The number of furan rings is 1. The highest BCUT2D eigenvalue weighted by Gasteiger charge is 2.27. The van der Waals surface area contributed by atoms with Gasteiger partial charge in [0, 0.05) is 42.0 Å². The van der Waals surface area contributed by atoms with Crippen LogP contribution in [0.4, 0.5) is 17.1 Å². The zero-order valence-electron chi connectivity index (χ0n) is 28.0. The first-order valence-electron chi connectivity index (χ1n) is 17.6. The summed E-state index contributed by atoms with van der Waals surface area (Å²) in [5.74, 6) is 0. The first-order chi connectivity index (χ1) is 25.8. The molecular weight excluding hydrogens is 653 g/mol. The number of benzene rings is 8. The van der Waals surface area contributed by atoms with Crippen molar-refractivity contribution in [2.45, 2.75) is 0 Å². The van der Waals surface area contributed by atoms with Crippen molar-refractivity contribution < 1.29 is 4.42 Å². The monoisotopic (exact) mass is 682 g/mol. The van der Waals surface area contributed by atoms with Gasteiger partial charge in [-0.05, 0) is 71.8 Å². The van der Waals surface area contributed by atoms with E-state index < -0.39 is 0 Å². The van der Waals surface area contributed by atoms with Crippen LogP contribution in [-0.2, 0) is 0 Å². The van der Waals surface area contributed by atoms with Gasteiger partial charge in [-0.1, -0.05) is 121 Å². The van der Waals surface area contributed by atoms with Gasteiger partial charge in [-0.15, -0.1) is 11.3 Å². The van der Waals surface area contributed by atoms with Crippen LogP contribution < -0.4 is 4.90 Å². The Labute approximate surface area is 303 Å². The number of aromatic nitrogens is 1. The van der Waals surface area contributed by atoms with E-state index in [1.165, 1.54) is 47.6 Å². The molecule has 11 rings (SSSR count). The van der Waals surface area contributed by atoms with Crippen molar-refractivity contribution in [2.24, 2.45) is 0 Å². The van der Waals surface area contributed by atoms with Crippen LogP contribution in [0, 0.1) is 0 Å². The maximum atomic E-state index is 6.53. The third-order valence-electron chi connectivity index (χ3n) is 10.4. The Balaban J connectivity index is 1.32. The molecule has 0 unspecified atom stereocenters. The molecule has 0 atom stereocenters. The van der Waals surface area contributed by atoms with Crippen LogP contribution in [0.5, 0.6) is 0 Å². The second-order valence-electron chi connectivity index (χ2n) is 13.2. The zero-order chi connectivity index (χ0) is 34.2. The van der Waals surface area contributed by atoms with Crippen LogP contribution in [-0.4, -0.2) is 4.57 Å². The summed E-state index contributed by atoms with van der Waals surface area (Å²) in [5.41, 5.74) is 11.0. The highest BCUT2D eigenvalue weighted by molar-refractivity contribution is 7.26. The Kier molecular flexibility index (Phi) is 6.42. The van der Waals surface area contributed by atoms with E-state index in [2.05, 4.69) is 185 Å². The van der Waals surface area contributed by atoms with E-state index in [0.29, 0.717) is 0 Å². The van der Waals surface area contributed by atoms with Gasteiger partial charge in [0.05, 0.1) is 33.5 Å². The maximum Gasteiger partial charge on any atom is 0.137 e. The summed E-state index contributed by atoms with van der Waals surface area (Å²) < 4.78 is 11.5. The molecule has 0 saturated heterocycles. The van der Waals surface area contributed by atoms with Crippen molar-refractivity contribution >= 4 is 92.3 Å². The molecule has 0 N–H and O–H groups in total. The molecule has 0 saturated carbocycles. The minimum atomic E-state index is 0.870. The fourth-order valence-corrected chi connectivity index (χ4v) is 9.47. The first kappa shape index (κ1) is 29.1. The van der Waals surface area contributed by atoms with Crippen molar-refractivity contribution in [1.82, 2.24) is 4.57 Å². The normalized spacial score (nSPS) is 11.8. The van der Waals surface area contributed by atoms with E-state index in [1.54, 1.807) is 0 Å². The molecule has 4 heteroatoms. The fraction of sp³-hybridized carbons (Fsp3) is 0. The smallest absolute Gasteiger partial charge is 0.137 e. The number of para-hydroxylation sites is 3. The van der Waals surface area contributed by atoms with Gasteiger partial charge in [-0.3, -0.25) is 0 Å². The topological polar surface area (TPSA) is 21.3 Å². The van der Waals surface area contributed by atoms with Crippen molar-refractivity contribution in [3.8, 4) is 16.8 Å². The van der Waals surface area contributed by atoms with Gasteiger partial charge in [-0.25, -0.2) is 0 Å². The molecule has 0 aliphatic carbocycles. The Hall–Kier alpha value is -6.62. The van der Waals surface area contributed by atoms with Crippen LogP contribution >= 0.6 is 11.3 Å². The molecule has 0 aliphatic rings. The molecule has 0 amide bonds. The lowest BCUT2D eigenvalue weighted by atomic mass is 9.99. The molecule has 11 aromatic rings. The zero-order valence-corrected chi connectivity index (χ0v) is 28.8. The second kappa shape index (κ2) is 11.5. The quantitative estimate of drug-likeness (QED) is 0.180. The molecule has 0 bridgehead atoms. The van der Waals surface area contributed by atoms with E-state index in [9.17, 15) is 0 Å². The van der Waals surface area contributed by atoms with Crippen molar-refractivity contribution in [1.29, 1.82) is 0 Å². The molecule has 3 heterocycles. The Morgan fingerprint density at radius 3 is 1.88 bits per heavy atom. The third kappa shape index (κ3) is 4.25. The number of thiophene rings is 1. The van der Waals surface area contributed by atoms with Crippen LogP contribution in [0.25, 0.3) is 80.7 Å². The summed E-state index contributed by atoms with van der Waals surface area (Å²) in [7, 11) is 0. The van der Waals surface area contributed by atoms with Crippen LogP contribution in [0.1, 0.15) is 0 Å². The van der Waals surface area contributed by atoms with Gasteiger partial charge < -0.3 is 13.9 Å². The number of hydrogen-bond donors (Lipinski definition) is 0. The van der Waals surface area contributed by atoms with E-state index in [4.69, 9.17) is 4.42 Å². The van der Waals surface area contributed by atoms with Crippen LogP contribution in [0.3, 0.4) is 0 Å². The SMILES string of the molecule is c1ccc(-c2ccc(N(c3cccc4oc5ccccc5c34)c3cccc4c3c3ccccc3n4-c3ccccc3)c3c2sc2ccccc23)cc1. The lowest BCUT2D eigenvalue weighted by Crippen LogP contribution is -2.11. The molecule has 0 aliphatic heterocycles. The molecule has 0 fully saturated rings. The molecule has 8 aromatic carbocycles. The molecule has 3 nitrogen and oxygen atoms in total. The highest BCUT2D eigenvalue weighted by atomic mass is 32.1. The van der Waals surface area contributed by atoms with Crippen LogP contribution in [0.2, 0.25) is 0 Å². The van der Waals surface area contributed by atoms with Gasteiger partial charge in [0.2, 0.25) is 0 Å². The molecule has 0 spiro atoms. The largest absolute Gasteiger partial charge is 0.456 e. The fourth-order valence-electron chi connectivity index (χ4n) is 8.22. The predicted molar refractivity (Wildman–Crippen MR) is 221 cm³/mol. The summed E-state index contributed by atoms with van der Waals surface area (Å²) in [6.07, 6.45) is 0. The van der Waals surface area contributed by atoms with Crippen molar-refractivity contribution in [2.75, 3.05) is 4.90 Å². The Morgan fingerprint density at radius 1 is 0.423 bits per heavy atom. The summed E-state index contributed by atoms with van der Waals surface area (Å²) in [6, 6.07) is 65.4. The molecule has 3 aromatic heterocycles. The molecule has 244 valence electrons. The predicted octanol–water partition coefficient (Wildman–Crippen LogP) is 14.2. The number of nitrogens with zero attached hydrogens (tertiary/aromatic N) is 2.